The summed E-state index contributed by atoms with van der Waals surface area (Å²) in [6.07, 6.45) is 0. The molecule has 0 aliphatic rings. The molecule has 2 heterocycles. The number of rotatable bonds is 1. The van der Waals surface area contributed by atoms with Gasteiger partial charge in [-0.25, -0.2) is 0 Å². The maximum atomic E-state index is 5.05. The number of aryl methyl sites for hydroxylation is 2. The molecule has 3 heteroatoms. The predicted molar refractivity (Wildman–Crippen MR) is 93.3 cm³/mol. The molecule has 22 heavy (non-hydrogen) atoms. The maximum Gasteiger partial charge on any atom is 0.0675 e. The Morgan fingerprint density at radius 3 is 1.91 bits per heavy atom. The maximum absolute atomic E-state index is 5.05. The summed E-state index contributed by atoms with van der Waals surface area (Å²) >= 11 is 0. The SMILES string of the molecule is Cc1nn(C)c(C)c1-c1ccc(C(C)(C)C)nc1C(C)(C)C. The largest absolute Gasteiger partial charge is 0.272 e. The Morgan fingerprint density at radius 1 is 0.909 bits per heavy atom. The topological polar surface area (TPSA) is 30.7 Å². The van der Waals surface area contributed by atoms with Crippen molar-refractivity contribution in [3.05, 3.63) is 34.9 Å². The standard InChI is InChI=1S/C19H29N3/c1-12-16(13(2)22(9)21-12)14-10-11-15(18(3,4)5)20-17(14)19(6,7)8/h10-11H,1-9H3. The van der Waals surface area contributed by atoms with Gasteiger partial charge in [0, 0.05) is 40.4 Å². The molecule has 2 aromatic rings. The summed E-state index contributed by atoms with van der Waals surface area (Å²) in [7, 11) is 2.00. The van der Waals surface area contributed by atoms with Crippen LogP contribution in [0.1, 0.15) is 64.3 Å². The smallest absolute Gasteiger partial charge is 0.0675 e. The van der Waals surface area contributed by atoms with Crippen molar-refractivity contribution in [3.8, 4) is 11.1 Å². The average molecular weight is 299 g/mol. The lowest BCUT2D eigenvalue weighted by Crippen LogP contribution is -2.21. The molecule has 0 radical (unpaired) electrons. The molecule has 0 atom stereocenters. The van der Waals surface area contributed by atoms with E-state index < -0.39 is 0 Å². The van der Waals surface area contributed by atoms with Crippen molar-refractivity contribution < 1.29 is 0 Å². The van der Waals surface area contributed by atoms with E-state index in [0.29, 0.717) is 0 Å². The van der Waals surface area contributed by atoms with Crippen LogP contribution in [0.25, 0.3) is 11.1 Å². The number of hydrogen-bond acceptors (Lipinski definition) is 2. The summed E-state index contributed by atoms with van der Waals surface area (Å²) in [6, 6.07) is 4.39. The fourth-order valence-electron chi connectivity index (χ4n) is 2.81. The molecule has 2 aromatic heterocycles. The highest BCUT2D eigenvalue weighted by Gasteiger charge is 2.26. The minimum atomic E-state index is -0.00862. The monoisotopic (exact) mass is 299 g/mol. The van der Waals surface area contributed by atoms with Gasteiger partial charge >= 0.3 is 0 Å². The summed E-state index contributed by atoms with van der Waals surface area (Å²) in [5, 5.41) is 4.57. The molecule has 0 aliphatic heterocycles. The lowest BCUT2D eigenvalue weighted by atomic mass is 9.83. The van der Waals surface area contributed by atoms with Gasteiger partial charge in [-0.1, -0.05) is 47.6 Å². The van der Waals surface area contributed by atoms with Crippen LogP contribution in [-0.4, -0.2) is 14.8 Å². The van der Waals surface area contributed by atoms with Crippen LogP contribution < -0.4 is 0 Å². The molecule has 0 saturated heterocycles. The normalized spacial score (nSPS) is 12.8. The van der Waals surface area contributed by atoms with E-state index in [1.807, 2.05) is 11.7 Å². The summed E-state index contributed by atoms with van der Waals surface area (Å²) in [5.74, 6) is 0. The van der Waals surface area contributed by atoms with Crippen molar-refractivity contribution >= 4 is 0 Å². The van der Waals surface area contributed by atoms with Crippen molar-refractivity contribution in [2.45, 2.75) is 66.2 Å². The quantitative estimate of drug-likeness (QED) is 0.764. The van der Waals surface area contributed by atoms with Crippen LogP contribution in [0.3, 0.4) is 0 Å². The van der Waals surface area contributed by atoms with Crippen LogP contribution in [0.4, 0.5) is 0 Å². The fourth-order valence-corrected chi connectivity index (χ4v) is 2.81. The molecule has 0 N–H and O–H groups in total. The number of pyridine rings is 1. The molecule has 0 saturated carbocycles. The minimum absolute atomic E-state index is 0.00862. The lowest BCUT2D eigenvalue weighted by Gasteiger charge is -2.26. The zero-order chi connectivity index (χ0) is 16.9. The van der Waals surface area contributed by atoms with Crippen molar-refractivity contribution in [3.63, 3.8) is 0 Å². The van der Waals surface area contributed by atoms with Crippen LogP contribution in [0.15, 0.2) is 12.1 Å². The Morgan fingerprint density at radius 2 is 1.50 bits per heavy atom. The van der Waals surface area contributed by atoms with E-state index >= 15 is 0 Å². The summed E-state index contributed by atoms with van der Waals surface area (Å²) < 4.78 is 1.95. The number of hydrogen-bond donors (Lipinski definition) is 0. The molecule has 120 valence electrons. The van der Waals surface area contributed by atoms with E-state index in [0.717, 1.165) is 17.1 Å². The van der Waals surface area contributed by atoms with Crippen LogP contribution in [0.2, 0.25) is 0 Å². The van der Waals surface area contributed by atoms with Crippen LogP contribution in [0, 0.1) is 13.8 Å². The van der Waals surface area contributed by atoms with Crippen LogP contribution in [0.5, 0.6) is 0 Å². The first-order valence-corrected chi connectivity index (χ1v) is 7.95. The lowest BCUT2D eigenvalue weighted by molar-refractivity contribution is 0.532. The van der Waals surface area contributed by atoms with Crippen LogP contribution >= 0.6 is 0 Å². The van der Waals surface area contributed by atoms with E-state index in [4.69, 9.17) is 4.98 Å². The molecule has 0 fully saturated rings. The Bertz CT molecular complexity index is 695. The van der Waals surface area contributed by atoms with Crippen molar-refractivity contribution in [2.75, 3.05) is 0 Å². The van der Waals surface area contributed by atoms with Crippen molar-refractivity contribution in [2.24, 2.45) is 7.05 Å². The van der Waals surface area contributed by atoms with E-state index in [2.05, 4.69) is 72.6 Å². The molecule has 0 aliphatic carbocycles. The highest BCUT2D eigenvalue weighted by molar-refractivity contribution is 5.71. The van der Waals surface area contributed by atoms with Gasteiger partial charge in [0.1, 0.15) is 0 Å². The summed E-state index contributed by atoms with van der Waals surface area (Å²) in [6.45, 7) is 17.5. The second kappa shape index (κ2) is 5.22. The van der Waals surface area contributed by atoms with Crippen molar-refractivity contribution in [1.29, 1.82) is 0 Å². The van der Waals surface area contributed by atoms with E-state index in [-0.39, 0.29) is 10.8 Å². The zero-order valence-corrected chi connectivity index (χ0v) is 15.5. The third-order valence-corrected chi connectivity index (χ3v) is 4.15. The van der Waals surface area contributed by atoms with Gasteiger partial charge in [0.15, 0.2) is 0 Å². The van der Waals surface area contributed by atoms with E-state index in [1.165, 1.54) is 16.8 Å². The first-order chi connectivity index (χ1) is 9.93. The molecule has 0 amide bonds. The Kier molecular flexibility index (Phi) is 3.97. The van der Waals surface area contributed by atoms with Gasteiger partial charge < -0.3 is 0 Å². The minimum Gasteiger partial charge on any atom is -0.272 e. The molecule has 3 nitrogen and oxygen atoms in total. The molecule has 0 spiro atoms. The Hall–Kier alpha value is -1.64. The van der Waals surface area contributed by atoms with Gasteiger partial charge in [-0.15, -0.1) is 0 Å². The second-order valence-corrected chi connectivity index (χ2v) is 8.26. The molecule has 0 bridgehead atoms. The summed E-state index contributed by atoms with van der Waals surface area (Å²) in [4.78, 5) is 5.05. The number of aromatic nitrogens is 3. The average Bonchev–Trinajstić information content (AvgIpc) is 2.60. The van der Waals surface area contributed by atoms with Gasteiger partial charge in [0.05, 0.1) is 11.4 Å². The van der Waals surface area contributed by atoms with E-state index in [1.54, 1.807) is 0 Å². The molecule has 0 aromatic carbocycles. The Labute approximate surface area is 134 Å². The highest BCUT2D eigenvalue weighted by Crippen LogP contribution is 2.36. The second-order valence-electron chi connectivity index (χ2n) is 8.26. The van der Waals surface area contributed by atoms with Crippen LogP contribution in [-0.2, 0) is 17.9 Å². The van der Waals surface area contributed by atoms with Gasteiger partial charge in [-0.2, -0.15) is 5.10 Å². The first-order valence-electron chi connectivity index (χ1n) is 7.95. The number of nitrogens with zero attached hydrogens (tertiary/aromatic N) is 3. The van der Waals surface area contributed by atoms with Gasteiger partial charge in [-0.05, 0) is 19.9 Å². The fraction of sp³-hybridized carbons (Fsp3) is 0.579. The summed E-state index contributed by atoms with van der Waals surface area (Å²) in [5.41, 5.74) is 7.02. The third kappa shape index (κ3) is 2.94. The van der Waals surface area contributed by atoms with Gasteiger partial charge in [0.25, 0.3) is 0 Å². The zero-order valence-electron chi connectivity index (χ0n) is 15.5. The van der Waals surface area contributed by atoms with Crippen molar-refractivity contribution in [1.82, 2.24) is 14.8 Å². The molecular weight excluding hydrogens is 270 g/mol. The van der Waals surface area contributed by atoms with Gasteiger partial charge in [0.2, 0.25) is 0 Å². The first kappa shape index (κ1) is 16.7. The molecule has 0 unspecified atom stereocenters. The highest BCUT2D eigenvalue weighted by atomic mass is 15.3. The Balaban J connectivity index is 2.77. The van der Waals surface area contributed by atoms with E-state index in [9.17, 15) is 0 Å². The molecule has 2 rings (SSSR count). The van der Waals surface area contributed by atoms with Gasteiger partial charge in [-0.3, -0.25) is 9.67 Å². The molecular formula is C19H29N3. The third-order valence-electron chi connectivity index (χ3n) is 4.15. The predicted octanol–water partition coefficient (Wildman–Crippen LogP) is 4.69.